The van der Waals surface area contributed by atoms with E-state index in [0.29, 0.717) is 0 Å². The molecule has 0 spiro atoms. The maximum Gasteiger partial charge on any atom is 0.494 e. The molecule has 2 aliphatic heterocycles. The van der Waals surface area contributed by atoms with Gasteiger partial charge < -0.3 is 14.0 Å². The minimum absolute atomic E-state index is 0.275. The second-order valence-electron chi connectivity index (χ2n) is 7.54. The molecule has 126 valence electrons. The van der Waals surface area contributed by atoms with Gasteiger partial charge in [-0.3, -0.25) is 4.90 Å². The Morgan fingerprint density at radius 3 is 2.35 bits per heavy atom. The number of ether oxygens (including phenoxy) is 1. The van der Waals surface area contributed by atoms with Crippen LogP contribution in [0.15, 0.2) is 24.3 Å². The van der Waals surface area contributed by atoms with Crippen molar-refractivity contribution in [3.8, 4) is 0 Å². The number of morpholine rings is 1. The van der Waals surface area contributed by atoms with E-state index in [9.17, 15) is 0 Å². The summed E-state index contributed by atoms with van der Waals surface area (Å²) in [5.41, 5.74) is 1.87. The first-order chi connectivity index (χ1) is 10.9. The zero-order valence-electron chi connectivity index (χ0n) is 14.8. The molecule has 0 atom stereocenters. The molecule has 0 radical (unpaired) electrons. The molecule has 0 aliphatic carbocycles. The molecule has 0 aromatic heterocycles. The zero-order valence-corrected chi connectivity index (χ0v) is 14.8. The van der Waals surface area contributed by atoms with Crippen LogP contribution in [0.3, 0.4) is 0 Å². The standard InChI is InChI=1S/C18H28BNO3/c1-17(2)18(3,4)23-19(22-17)16-7-5-6-15(14-16)8-9-20-10-12-21-13-11-20/h5-7,14H,8-13H2,1-4H3. The Kier molecular flexibility index (Phi) is 4.84. The maximum atomic E-state index is 6.15. The van der Waals surface area contributed by atoms with Gasteiger partial charge in [0.25, 0.3) is 0 Å². The third-order valence-electron chi connectivity index (χ3n) is 5.30. The maximum absolute atomic E-state index is 6.15. The fourth-order valence-corrected chi connectivity index (χ4v) is 2.99. The predicted molar refractivity (Wildman–Crippen MR) is 93.1 cm³/mol. The van der Waals surface area contributed by atoms with Gasteiger partial charge in [0.05, 0.1) is 24.4 Å². The number of nitrogens with zero attached hydrogens (tertiary/aromatic N) is 1. The van der Waals surface area contributed by atoms with Gasteiger partial charge in [0, 0.05) is 19.6 Å². The lowest BCUT2D eigenvalue weighted by Crippen LogP contribution is -2.41. The van der Waals surface area contributed by atoms with Crippen LogP contribution in [0, 0.1) is 0 Å². The van der Waals surface area contributed by atoms with Crippen LogP contribution in [0.2, 0.25) is 0 Å². The second-order valence-corrected chi connectivity index (χ2v) is 7.54. The topological polar surface area (TPSA) is 30.9 Å². The molecular formula is C18H28BNO3. The van der Waals surface area contributed by atoms with E-state index in [0.717, 1.165) is 44.7 Å². The van der Waals surface area contributed by atoms with Crippen LogP contribution in [0.5, 0.6) is 0 Å². The average Bonchev–Trinajstić information content (AvgIpc) is 2.75. The van der Waals surface area contributed by atoms with E-state index in [1.54, 1.807) is 0 Å². The van der Waals surface area contributed by atoms with Gasteiger partial charge in [-0.1, -0.05) is 24.3 Å². The Morgan fingerprint density at radius 2 is 1.70 bits per heavy atom. The highest BCUT2D eigenvalue weighted by molar-refractivity contribution is 6.62. The highest BCUT2D eigenvalue weighted by Gasteiger charge is 2.51. The molecular weight excluding hydrogens is 289 g/mol. The van der Waals surface area contributed by atoms with Crippen LogP contribution in [-0.4, -0.2) is 56.1 Å². The molecule has 1 aromatic rings. The first-order valence-electron chi connectivity index (χ1n) is 8.62. The summed E-state index contributed by atoms with van der Waals surface area (Å²) in [6.45, 7) is 13.2. The van der Waals surface area contributed by atoms with E-state index in [1.807, 2.05) is 0 Å². The van der Waals surface area contributed by atoms with Crippen LogP contribution in [0.4, 0.5) is 0 Å². The van der Waals surface area contributed by atoms with Gasteiger partial charge in [0.2, 0.25) is 0 Å². The lowest BCUT2D eigenvalue weighted by atomic mass is 9.78. The van der Waals surface area contributed by atoms with Gasteiger partial charge in [0.15, 0.2) is 0 Å². The molecule has 2 aliphatic rings. The third-order valence-corrected chi connectivity index (χ3v) is 5.30. The molecule has 1 aromatic carbocycles. The summed E-state index contributed by atoms with van der Waals surface area (Å²) < 4.78 is 17.7. The summed E-state index contributed by atoms with van der Waals surface area (Å²) in [5.74, 6) is 0. The van der Waals surface area contributed by atoms with Crippen molar-refractivity contribution in [3.63, 3.8) is 0 Å². The molecule has 5 heteroatoms. The molecule has 2 saturated heterocycles. The Balaban J connectivity index is 1.63. The van der Waals surface area contributed by atoms with Crippen LogP contribution in [0.1, 0.15) is 33.3 Å². The van der Waals surface area contributed by atoms with Crippen molar-refractivity contribution in [2.75, 3.05) is 32.8 Å². The van der Waals surface area contributed by atoms with E-state index >= 15 is 0 Å². The molecule has 2 heterocycles. The summed E-state index contributed by atoms with van der Waals surface area (Å²) in [5, 5.41) is 0. The summed E-state index contributed by atoms with van der Waals surface area (Å²) >= 11 is 0. The minimum atomic E-state index is -0.290. The molecule has 4 nitrogen and oxygen atoms in total. The van der Waals surface area contributed by atoms with Crippen molar-refractivity contribution in [2.45, 2.75) is 45.3 Å². The first kappa shape index (κ1) is 17.0. The Morgan fingerprint density at radius 1 is 1.04 bits per heavy atom. The van der Waals surface area contributed by atoms with Gasteiger partial charge in [0.1, 0.15) is 0 Å². The normalized spacial score (nSPS) is 24.1. The molecule has 0 bridgehead atoms. The first-order valence-corrected chi connectivity index (χ1v) is 8.62. The number of rotatable bonds is 4. The van der Waals surface area contributed by atoms with Crippen molar-refractivity contribution in [1.82, 2.24) is 4.90 Å². The van der Waals surface area contributed by atoms with E-state index in [-0.39, 0.29) is 18.3 Å². The van der Waals surface area contributed by atoms with Crippen molar-refractivity contribution in [2.24, 2.45) is 0 Å². The van der Waals surface area contributed by atoms with Crippen LogP contribution in [0.25, 0.3) is 0 Å². The summed E-state index contributed by atoms with van der Waals surface area (Å²) in [6.07, 6.45) is 1.05. The third kappa shape index (κ3) is 3.79. The van der Waals surface area contributed by atoms with E-state index < -0.39 is 0 Å². The SMILES string of the molecule is CC1(C)OB(c2cccc(CCN3CCOCC3)c2)OC1(C)C. The monoisotopic (exact) mass is 317 g/mol. The second kappa shape index (κ2) is 6.56. The summed E-state index contributed by atoms with van der Waals surface area (Å²) in [4.78, 5) is 2.46. The smallest absolute Gasteiger partial charge is 0.399 e. The molecule has 0 N–H and O–H groups in total. The van der Waals surface area contributed by atoms with E-state index in [4.69, 9.17) is 14.0 Å². The van der Waals surface area contributed by atoms with Gasteiger partial charge in [-0.25, -0.2) is 0 Å². The number of hydrogen-bond donors (Lipinski definition) is 0. The molecule has 0 amide bonds. The fourth-order valence-electron chi connectivity index (χ4n) is 2.99. The van der Waals surface area contributed by atoms with E-state index in [1.165, 1.54) is 5.56 Å². The highest BCUT2D eigenvalue weighted by Crippen LogP contribution is 2.36. The Bertz CT molecular complexity index is 525. The minimum Gasteiger partial charge on any atom is -0.399 e. The average molecular weight is 317 g/mol. The van der Waals surface area contributed by atoms with Gasteiger partial charge >= 0.3 is 7.12 Å². The van der Waals surface area contributed by atoms with Crippen LogP contribution >= 0.6 is 0 Å². The van der Waals surface area contributed by atoms with Crippen LogP contribution < -0.4 is 5.46 Å². The van der Waals surface area contributed by atoms with Crippen molar-refractivity contribution >= 4 is 12.6 Å². The largest absolute Gasteiger partial charge is 0.494 e. The fraction of sp³-hybridized carbons (Fsp3) is 0.667. The van der Waals surface area contributed by atoms with Crippen molar-refractivity contribution in [3.05, 3.63) is 29.8 Å². The van der Waals surface area contributed by atoms with Crippen molar-refractivity contribution < 1.29 is 14.0 Å². The molecule has 3 rings (SSSR count). The molecule has 23 heavy (non-hydrogen) atoms. The number of hydrogen-bond acceptors (Lipinski definition) is 4. The van der Waals surface area contributed by atoms with E-state index in [2.05, 4.69) is 56.9 Å². The lowest BCUT2D eigenvalue weighted by molar-refractivity contribution is 0.00578. The Labute approximate surface area is 140 Å². The van der Waals surface area contributed by atoms with Gasteiger partial charge in [-0.2, -0.15) is 0 Å². The summed E-state index contributed by atoms with van der Waals surface area (Å²) in [7, 11) is -0.275. The molecule has 2 fully saturated rings. The molecule has 0 unspecified atom stereocenters. The van der Waals surface area contributed by atoms with Crippen molar-refractivity contribution in [1.29, 1.82) is 0 Å². The van der Waals surface area contributed by atoms with Gasteiger partial charge in [-0.15, -0.1) is 0 Å². The van der Waals surface area contributed by atoms with Gasteiger partial charge in [-0.05, 0) is 45.1 Å². The predicted octanol–water partition coefficient (Wildman–Crippen LogP) is 1.86. The molecule has 0 saturated carbocycles. The van der Waals surface area contributed by atoms with Crippen LogP contribution in [-0.2, 0) is 20.5 Å². The highest BCUT2D eigenvalue weighted by atomic mass is 16.7. The zero-order chi connectivity index (χ0) is 16.5. The Hall–Kier alpha value is -0.875. The quantitative estimate of drug-likeness (QED) is 0.793. The lowest BCUT2D eigenvalue weighted by Gasteiger charge is -2.32. The number of benzene rings is 1. The summed E-state index contributed by atoms with van der Waals surface area (Å²) in [6, 6.07) is 8.62.